The SMILES string of the molecule is CCN(CC(=O)O)C(=O)NCc1cc(F)ccc1F. The van der Waals surface area contributed by atoms with E-state index in [0.29, 0.717) is 0 Å². The fourth-order valence-electron chi connectivity index (χ4n) is 1.45. The van der Waals surface area contributed by atoms with Crippen LogP contribution in [0.4, 0.5) is 13.6 Å². The summed E-state index contributed by atoms with van der Waals surface area (Å²) in [5, 5.41) is 10.9. The molecule has 0 spiro atoms. The zero-order valence-electron chi connectivity index (χ0n) is 10.3. The van der Waals surface area contributed by atoms with Gasteiger partial charge in [0.2, 0.25) is 0 Å². The van der Waals surface area contributed by atoms with Crippen LogP contribution in [0.15, 0.2) is 18.2 Å². The van der Waals surface area contributed by atoms with Gasteiger partial charge in [-0.3, -0.25) is 4.79 Å². The molecule has 0 radical (unpaired) electrons. The van der Waals surface area contributed by atoms with Crippen LogP contribution in [0.1, 0.15) is 12.5 Å². The summed E-state index contributed by atoms with van der Waals surface area (Å²) in [5.41, 5.74) is -0.000252. The average molecular weight is 272 g/mol. The zero-order chi connectivity index (χ0) is 14.4. The summed E-state index contributed by atoms with van der Waals surface area (Å²) in [5.74, 6) is -2.39. The van der Waals surface area contributed by atoms with Crippen molar-refractivity contribution in [2.24, 2.45) is 0 Å². The second-order valence-electron chi connectivity index (χ2n) is 3.80. The lowest BCUT2D eigenvalue weighted by molar-refractivity contribution is -0.137. The molecular formula is C12H14F2N2O3. The van der Waals surface area contributed by atoms with E-state index in [1.165, 1.54) is 0 Å². The summed E-state index contributed by atoms with van der Waals surface area (Å²) in [7, 11) is 0. The third kappa shape index (κ3) is 4.53. The molecule has 0 saturated carbocycles. The number of carbonyl (C=O) groups excluding carboxylic acids is 1. The van der Waals surface area contributed by atoms with Gasteiger partial charge in [-0.25, -0.2) is 13.6 Å². The Labute approximate surface area is 108 Å². The molecule has 0 fully saturated rings. The highest BCUT2D eigenvalue weighted by molar-refractivity contribution is 5.80. The number of aliphatic carboxylic acids is 1. The normalized spacial score (nSPS) is 10.1. The van der Waals surface area contributed by atoms with Crippen LogP contribution >= 0.6 is 0 Å². The fraction of sp³-hybridized carbons (Fsp3) is 0.333. The maximum atomic E-state index is 13.3. The van der Waals surface area contributed by atoms with E-state index >= 15 is 0 Å². The first-order valence-corrected chi connectivity index (χ1v) is 5.62. The van der Waals surface area contributed by atoms with Crippen molar-refractivity contribution in [3.63, 3.8) is 0 Å². The quantitative estimate of drug-likeness (QED) is 0.855. The summed E-state index contributed by atoms with van der Waals surface area (Å²) in [6, 6.07) is 2.27. The van der Waals surface area contributed by atoms with Gasteiger partial charge in [-0.05, 0) is 25.1 Å². The van der Waals surface area contributed by atoms with Crippen LogP contribution in [0.3, 0.4) is 0 Å². The number of likely N-dealkylation sites (N-methyl/N-ethyl adjacent to an activating group) is 1. The second kappa shape index (κ2) is 6.67. The smallest absolute Gasteiger partial charge is 0.323 e. The summed E-state index contributed by atoms with van der Waals surface area (Å²) < 4.78 is 26.2. The van der Waals surface area contributed by atoms with Gasteiger partial charge in [0, 0.05) is 18.7 Å². The van der Waals surface area contributed by atoms with Crippen LogP contribution in [0.5, 0.6) is 0 Å². The molecule has 19 heavy (non-hydrogen) atoms. The minimum absolute atomic E-state index is 0.000252. The van der Waals surface area contributed by atoms with E-state index in [1.807, 2.05) is 0 Å². The molecule has 7 heteroatoms. The highest BCUT2D eigenvalue weighted by Crippen LogP contribution is 2.09. The molecule has 1 aromatic rings. The molecule has 2 amide bonds. The molecule has 0 saturated heterocycles. The van der Waals surface area contributed by atoms with Gasteiger partial charge in [0.25, 0.3) is 0 Å². The summed E-state index contributed by atoms with van der Waals surface area (Å²) >= 11 is 0. The van der Waals surface area contributed by atoms with E-state index in [0.717, 1.165) is 23.1 Å². The minimum atomic E-state index is -1.14. The number of carbonyl (C=O) groups is 2. The Morgan fingerprint density at radius 1 is 1.37 bits per heavy atom. The molecule has 0 heterocycles. The molecule has 0 aliphatic heterocycles. The van der Waals surface area contributed by atoms with E-state index in [2.05, 4.69) is 5.32 Å². The van der Waals surface area contributed by atoms with E-state index < -0.39 is 30.2 Å². The molecule has 0 aliphatic carbocycles. The van der Waals surface area contributed by atoms with Gasteiger partial charge in [0.05, 0.1) is 0 Å². The van der Waals surface area contributed by atoms with Crippen LogP contribution in [-0.4, -0.2) is 35.1 Å². The Kier molecular flexibility index (Phi) is 5.23. The predicted molar refractivity (Wildman–Crippen MR) is 63.5 cm³/mol. The number of nitrogens with one attached hydrogen (secondary N) is 1. The van der Waals surface area contributed by atoms with Crippen molar-refractivity contribution < 1.29 is 23.5 Å². The van der Waals surface area contributed by atoms with E-state index in [9.17, 15) is 18.4 Å². The minimum Gasteiger partial charge on any atom is -0.480 e. The first kappa shape index (κ1) is 14.9. The van der Waals surface area contributed by atoms with Crippen LogP contribution < -0.4 is 5.32 Å². The van der Waals surface area contributed by atoms with Gasteiger partial charge in [0.1, 0.15) is 18.2 Å². The van der Waals surface area contributed by atoms with Gasteiger partial charge < -0.3 is 15.3 Å². The van der Waals surface area contributed by atoms with Crippen LogP contribution in [0, 0.1) is 11.6 Å². The molecule has 0 atom stereocenters. The number of carboxylic acid groups (broad SMARTS) is 1. The first-order valence-electron chi connectivity index (χ1n) is 5.62. The molecule has 2 N–H and O–H groups in total. The Hall–Kier alpha value is -2.18. The monoisotopic (exact) mass is 272 g/mol. The maximum Gasteiger partial charge on any atom is 0.323 e. The number of hydrogen-bond acceptors (Lipinski definition) is 2. The Morgan fingerprint density at radius 2 is 2.05 bits per heavy atom. The average Bonchev–Trinajstić information content (AvgIpc) is 2.36. The van der Waals surface area contributed by atoms with Crippen molar-refractivity contribution in [1.82, 2.24) is 10.2 Å². The Balaban J connectivity index is 2.62. The van der Waals surface area contributed by atoms with Gasteiger partial charge in [0.15, 0.2) is 0 Å². The van der Waals surface area contributed by atoms with Crippen molar-refractivity contribution in [2.75, 3.05) is 13.1 Å². The highest BCUT2D eigenvalue weighted by Gasteiger charge is 2.15. The fourth-order valence-corrected chi connectivity index (χ4v) is 1.45. The standard InChI is InChI=1S/C12H14F2N2O3/c1-2-16(7-11(17)18)12(19)15-6-8-5-9(13)3-4-10(8)14/h3-5H,2,6-7H2,1H3,(H,15,19)(H,17,18). The van der Waals surface area contributed by atoms with E-state index in [4.69, 9.17) is 5.11 Å². The highest BCUT2D eigenvalue weighted by atomic mass is 19.1. The number of nitrogens with zero attached hydrogens (tertiary/aromatic N) is 1. The summed E-state index contributed by atoms with van der Waals surface area (Å²) in [6.07, 6.45) is 0. The molecule has 0 unspecified atom stereocenters. The Morgan fingerprint density at radius 3 is 2.63 bits per heavy atom. The molecule has 5 nitrogen and oxygen atoms in total. The molecule has 104 valence electrons. The van der Waals surface area contributed by atoms with Crippen LogP contribution in [0.2, 0.25) is 0 Å². The zero-order valence-corrected chi connectivity index (χ0v) is 10.3. The number of amides is 2. The van der Waals surface area contributed by atoms with Gasteiger partial charge in [-0.15, -0.1) is 0 Å². The van der Waals surface area contributed by atoms with Crippen molar-refractivity contribution >= 4 is 12.0 Å². The number of benzene rings is 1. The lowest BCUT2D eigenvalue weighted by atomic mass is 10.2. The van der Waals surface area contributed by atoms with Crippen molar-refractivity contribution in [2.45, 2.75) is 13.5 Å². The number of halogens is 2. The molecule has 1 rings (SSSR count). The third-order valence-electron chi connectivity index (χ3n) is 2.43. The largest absolute Gasteiger partial charge is 0.480 e. The third-order valence-corrected chi connectivity index (χ3v) is 2.43. The number of rotatable bonds is 5. The molecular weight excluding hydrogens is 258 g/mol. The molecule has 0 aliphatic rings. The van der Waals surface area contributed by atoms with Crippen LogP contribution in [-0.2, 0) is 11.3 Å². The molecule has 0 aromatic heterocycles. The number of urea groups is 1. The van der Waals surface area contributed by atoms with Gasteiger partial charge in [-0.2, -0.15) is 0 Å². The predicted octanol–water partition coefficient (Wildman–Crippen LogP) is 1.58. The first-order chi connectivity index (χ1) is 8.93. The van der Waals surface area contributed by atoms with E-state index in [1.54, 1.807) is 6.92 Å². The van der Waals surface area contributed by atoms with Crippen LogP contribution in [0.25, 0.3) is 0 Å². The number of carboxylic acids is 1. The van der Waals surface area contributed by atoms with Crippen molar-refractivity contribution in [1.29, 1.82) is 0 Å². The maximum absolute atomic E-state index is 13.3. The summed E-state index contributed by atoms with van der Waals surface area (Å²) in [6.45, 7) is 1.15. The lowest BCUT2D eigenvalue weighted by Crippen LogP contribution is -2.42. The second-order valence-corrected chi connectivity index (χ2v) is 3.80. The van der Waals surface area contributed by atoms with Crippen molar-refractivity contribution in [3.05, 3.63) is 35.4 Å². The molecule has 0 bridgehead atoms. The van der Waals surface area contributed by atoms with Crippen molar-refractivity contribution in [3.8, 4) is 0 Å². The number of hydrogen-bond donors (Lipinski definition) is 2. The van der Waals surface area contributed by atoms with Gasteiger partial charge in [-0.1, -0.05) is 0 Å². The summed E-state index contributed by atoms with van der Waals surface area (Å²) in [4.78, 5) is 23.2. The topological polar surface area (TPSA) is 69.6 Å². The van der Waals surface area contributed by atoms with Gasteiger partial charge >= 0.3 is 12.0 Å². The lowest BCUT2D eigenvalue weighted by Gasteiger charge is -2.19. The Bertz CT molecular complexity index is 480. The molecule has 1 aromatic carbocycles. The van der Waals surface area contributed by atoms with E-state index in [-0.39, 0.29) is 18.7 Å².